The number of aryl methyl sites for hydroxylation is 2. The normalized spacial score (nSPS) is 23.2. The minimum absolute atomic E-state index is 0.0276. The fourth-order valence-corrected chi connectivity index (χ4v) is 5.14. The molecule has 3 aromatic rings. The highest BCUT2D eigenvalue weighted by Crippen LogP contribution is 2.33. The van der Waals surface area contributed by atoms with E-state index in [1.54, 1.807) is 6.20 Å². The Hall–Kier alpha value is -3.47. The van der Waals surface area contributed by atoms with E-state index >= 15 is 0 Å². The first-order valence-corrected chi connectivity index (χ1v) is 11.7. The lowest BCUT2D eigenvalue weighted by atomic mass is 9.98. The third kappa shape index (κ3) is 3.82. The average molecular weight is 444 g/mol. The monoisotopic (exact) mass is 443 g/mol. The molecule has 0 spiro atoms. The standard InChI is InChI=1S/C25H29N7O/c1-16-7-6-9-27-23(16)25(33)31-10-5-4-8-21(31)20-11-22-28-24(18(3)14-32(22)29-20)30-13-17(2)19(12-26)15-30/h6-7,9,11,14,17,19,21H,4-5,8,10,13,15H2,1-3H3/t17-,19+,21-/m0/s1. The second-order valence-electron chi connectivity index (χ2n) is 9.42. The van der Waals surface area contributed by atoms with Crippen molar-refractivity contribution in [3.8, 4) is 6.07 Å². The van der Waals surface area contributed by atoms with Gasteiger partial charge in [0.15, 0.2) is 5.65 Å². The molecule has 0 aliphatic carbocycles. The predicted molar refractivity (Wildman–Crippen MR) is 125 cm³/mol. The summed E-state index contributed by atoms with van der Waals surface area (Å²) in [5, 5.41) is 14.2. The molecule has 3 aromatic heterocycles. The largest absolute Gasteiger partial charge is 0.355 e. The van der Waals surface area contributed by atoms with E-state index < -0.39 is 0 Å². The fraction of sp³-hybridized carbons (Fsp3) is 0.480. The summed E-state index contributed by atoms with van der Waals surface area (Å²) in [4.78, 5) is 26.8. The van der Waals surface area contributed by atoms with Crippen molar-refractivity contribution < 1.29 is 4.79 Å². The number of anilines is 1. The first-order valence-electron chi connectivity index (χ1n) is 11.7. The van der Waals surface area contributed by atoms with Crippen molar-refractivity contribution >= 4 is 17.4 Å². The maximum absolute atomic E-state index is 13.4. The molecule has 5 rings (SSSR count). The number of likely N-dealkylation sites (tertiary alicyclic amines) is 1. The van der Waals surface area contributed by atoms with Gasteiger partial charge in [-0.1, -0.05) is 13.0 Å². The summed E-state index contributed by atoms with van der Waals surface area (Å²) in [6.45, 7) is 8.32. The minimum atomic E-state index is -0.0899. The third-order valence-corrected chi connectivity index (χ3v) is 7.02. The van der Waals surface area contributed by atoms with Crippen LogP contribution in [0.15, 0.2) is 30.6 Å². The molecule has 2 saturated heterocycles. The Labute approximate surface area is 193 Å². The van der Waals surface area contributed by atoms with Crippen LogP contribution in [0.25, 0.3) is 5.65 Å². The van der Waals surface area contributed by atoms with Gasteiger partial charge in [0.1, 0.15) is 11.5 Å². The highest BCUT2D eigenvalue weighted by molar-refractivity contribution is 5.94. The Morgan fingerprint density at radius 3 is 2.82 bits per heavy atom. The molecule has 33 heavy (non-hydrogen) atoms. The van der Waals surface area contributed by atoms with Gasteiger partial charge < -0.3 is 9.80 Å². The van der Waals surface area contributed by atoms with Gasteiger partial charge in [-0.05, 0) is 50.7 Å². The van der Waals surface area contributed by atoms with Gasteiger partial charge in [0.05, 0.1) is 23.7 Å². The highest BCUT2D eigenvalue weighted by atomic mass is 16.2. The molecule has 0 aromatic carbocycles. The van der Waals surface area contributed by atoms with Crippen molar-refractivity contribution in [3.63, 3.8) is 0 Å². The van der Waals surface area contributed by atoms with Crippen LogP contribution in [0.1, 0.15) is 59.5 Å². The number of nitriles is 1. The van der Waals surface area contributed by atoms with Crippen LogP contribution >= 0.6 is 0 Å². The lowest BCUT2D eigenvalue weighted by molar-refractivity contribution is 0.0598. The Kier molecular flexibility index (Phi) is 5.49. The molecule has 8 nitrogen and oxygen atoms in total. The zero-order valence-electron chi connectivity index (χ0n) is 19.4. The maximum Gasteiger partial charge on any atom is 0.273 e. The summed E-state index contributed by atoms with van der Waals surface area (Å²) in [6, 6.07) is 8.12. The third-order valence-electron chi connectivity index (χ3n) is 7.02. The number of fused-ring (bicyclic) bond motifs is 1. The SMILES string of the molecule is Cc1cccnc1C(=O)N1CCCC[C@H]1c1cc2nc(N3C[C@@H](C#N)[C@@H](C)C3)c(C)cn2n1. The van der Waals surface area contributed by atoms with E-state index in [0.29, 0.717) is 24.7 Å². The molecule has 0 radical (unpaired) electrons. The number of carbonyl (C=O) groups is 1. The van der Waals surface area contributed by atoms with E-state index in [-0.39, 0.29) is 17.9 Å². The Morgan fingerprint density at radius 1 is 1.21 bits per heavy atom. The Bertz CT molecular complexity index is 1240. The molecular formula is C25H29N7O. The second-order valence-corrected chi connectivity index (χ2v) is 9.42. The topological polar surface area (TPSA) is 90.4 Å². The predicted octanol–water partition coefficient (Wildman–Crippen LogP) is 3.70. The molecular weight excluding hydrogens is 414 g/mol. The van der Waals surface area contributed by atoms with E-state index in [9.17, 15) is 10.1 Å². The first-order chi connectivity index (χ1) is 16.0. The van der Waals surface area contributed by atoms with Crippen LogP contribution in [-0.4, -0.2) is 50.0 Å². The fourth-order valence-electron chi connectivity index (χ4n) is 5.14. The molecule has 170 valence electrons. The Balaban J connectivity index is 1.47. The van der Waals surface area contributed by atoms with Crippen LogP contribution in [0.5, 0.6) is 0 Å². The number of hydrogen-bond donors (Lipinski definition) is 0. The molecule has 3 atom stereocenters. The summed E-state index contributed by atoms with van der Waals surface area (Å²) < 4.78 is 1.82. The molecule has 0 saturated carbocycles. The van der Waals surface area contributed by atoms with Gasteiger partial charge in [-0.3, -0.25) is 9.78 Å². The zero-order valence-corrected chi connectivity index (χ0v) is 19.4. The number of nitrogens with zero attached hydrogens (tertiary/aromatic N) is 7. The van der Waals surface area contributed by atoms with Crippen molar-refractivity contribution in [2.45, 2.75) is 46.1 Å². The van der Waals surface area contributed by atoms with E-state index in [1.165, 1.54) is 0 Å². The van der Waals surface area contributed by atoms with E-state index in [0.717, 1.165) is 54.1 Å². The van der Waals surface area contributed by atoms with Crippen molar-refractivity contribution in [1.82, 2.24) is 24.5 Å². The molecule has 2 fully saturated rings. The van der Waals surface area contributed by atoms with Crippen LogP contribution in [0.3, 0.4) is 0 Å². The minimum Gasteiger partial charge on any atom is -0.355 e. The van der Waals surface area contributed by atoms with E-state index in [2.05, 4.69) is 22.9 Å². The zero-order chi connectivity index (χ0) is 23.1. The lowest BCUT2D eigenvalue weighted by Gasteiger charge is -2.34. The molecule has 1 amide bonds. The number of rotatable bonds is 3. The van der Waals surface area contributed by atoms with Crippen molar-refractivity contribution in [1.29, 1.82) is 5.26 Å². The molecule has 0 unspecified atom stereocenters. The van der Waals surface area contributed by atoms with Gasteiger partial charge in [0, 0.05) is 43.7 Å². The molecule has 0 bridgehead atoms. The van der Waals surface area contributed by atoms with Crippen molar-refractivity contribution in [2.75, 3.05) is 24.5 Å². The summed E-state index contributed by atoms with van der Waals surface area (Å²) >= 11 is 0. The van der Waals surface area contributed by atoms with Crippen LogP contribution in [-0.2, 0) is 0 Å². The summed E-state index contributed by atoms with van der Waals surface area (Å²) in [6.07, 6.45) is 6.59. The van der Waals surface area contributed by atoms with Crippen LogP contribution in [0, 0.1) is 37.0 Å². The van der Waals surface area contributed by atoms with Gasteiger partial charge in [-0.2, -0.15) is 10.4 Å². The van der Waals surface area contributed by atoms with E-state index in [1.807, 2.05) is 47.7 Å². The van der Waals surface area contributed by atoms with Gasteiger partial charge in [0.2, 0.25) is 0 Å². The number of carbonyl (C=O) groups excluding carboxylic acids is 1. The van der Waals surface area contributed by atoms with Gasteiger partial charge in [0.25, 0.3) is 5.91 Å². The van der Waals surface area contributed by atoms with Crippen LogP contribution in [0.2, 0.25) is 0 Å². The second kappa shape index (κ2) is 8.47. The van der Waals surface area contributed by atoms with E-state index in [4.69, 9.17) is 10.1 Å². The number of amides is 1. The first kappa shape index (κ1) is 21.4. The average Bonchev–Trinajstić information content (AvgIpc) is 3.40. The quantitative estimate of drug-likeness (QED) is 0.613. The Morgan fingerprint density at radius 2 is 2.06 bits per heavy atom. The summed E-state index contributed by atoms with van der Waals surface area (Å²) in [5.41, 5.74) is 4.07. The molecule has 2 aliphatic heterocycles. The number of piperidine rings is 1. The van der Waals surface area contributed by atoms with Crippen molar-refractivity contribution in [3.05, 3.63) is 53.1 Å². The lowest BCUT2D eigenvalue weighted by Crippen LogP contribution is -2.39. The molecule has 8 heteroatoms. The van der Waals surface area contributed by atoms with Gasteiger partial charge in [-0.25, -0.2) is 9.50 Å². The molecule has 5 heterocycles. The highest BCUT2D eigenvalue weighted by Gasteiger charge is 2.33. The number of aromatic nitrogens is 4. The van der Waals surface area contributed by atoms with Crippen LogP contribution in [0.4, 0.5) is 5.82 Å². The number of hydrogen-bond acceptors (Lipinski definition) is 6. The summed E-state index contributed by atoms with van der Waals surface area (Å²) in [7, 11) is 0. The van der Waals surface area contributed by atoms with Gasteiger partial charge >= 0.3 is 0 Å². The number of pyridine rings is 1. The maximum atomic E-state index is 13.4. The van der Waals surface area contributed by atoms with Crippen molar-refractivity contribution in [2.24, 2.45) is 11.8 Å². The van der Waals surface area contributed by atoms with Gasteiger partial charge in [-0.15, -0.1) is 0 Å². The van der Waals surface area contributed by atoms with Crippen LogP contribution < -0.4 is 4.90 Å². The molecule has 2 aliphatic rings. The smallest absolute Gasteiger partial charge is 0.273 e. The summed E-state index contributed by atoms with van der Waals surface area (Å²) in [5.74, 6) is 1.23. The molecule has 0 N–H and O–H groups in total.